The van der Waals surface area contributed by atoms with Gasteiger partial charge in [-0.05, 0) is 36.8 Å². The molecule has 0 spiro atoms. The first-order valence-electron chi connectivity index (χ1n) is 7.23. The van der Waals surface area contributed by atoms with Crippen LogP contribution in [0.3, 0.4) is 0 Å². The van der Waals surface area contributed by atoms with E-state index in [4.69, 9.17) is 11.6 Å². The van der Waals surface area contributed by atoms with Gasteiger partial charge in [0.2, 0.25) is 0 Å². The van der Waals surface area contributed by atoms with Crippen molar-refractivity contribution in [3.8, 4) is 0 Å². The molecule has 0 radical (unpaired) electrons. The number of halogens is 1. The van der Waals surface area contributed by atoms with Crippen LogP contribution < -0.4 is 5.69 Å². The van der Waals surface area contributed by atoms with Gasteiger partial charge < -0.3 is 0 Å². The summed E-state index contributed by atoms with van der Waals surface area (Å²) < 4.78 is 3.08. The highest BCUT2D eigenvalue weighted by molar-refractivity contribution is 6.30. The Morgan fingerprint density at radius 2 is 1.83 bits per heavy atom. The van der Waals surface area contributed by atoms with E-state index in [1.165, 1.54) is 4.52 Å². The summed E-state index contributed by atoms with van der Waals surface area (Å²) in [6.07, 6.45) is 0. The molecule has 0 saturated carbocycles. The number of aromatic nitrogens is 4. The Bertz CT molecular complexity index is 1080. The number of para-hydroxylation sites is 1. The number of rotatable bonds is 2. The second kappa shape index (κ2) is 5.21. The van der Waals surface area contributed by atoms with Crippen LogP contribution in [-0.4, -0.2) is 19.2 Å². The highest BCUT2D eigenvalue weighted by atomic mass is 35.5. The van der Waals surface area contributed by atoms with Crippen LogP contribution in [0.5, 0.6) is 0 Å². The number of aryl methyl sites for hydroxylation is 1. The molecule has 2 aromatic carbocycles. The zero-order chi connectivity index (χ0) is 16.0. The van der Waals surface area contributed by atoms with Crippen molar-refractivity contribution in [2.45, 2.75) is 13.5 Å². The zero-order valence-corrected chi connectivity index (χ0v) is 13.2. The summed E-state index contributed by atoms with van der Waals surface area (Å²) in [5, 5.41) is 5.81. The maximum atomic E-state index is 12.8. The quantitative estimate of drug-likeness (QED) is 0.569. The number of nitrogens with zero attached hydrogens (tertiary/aromatic N) is 4. The molecule has 0 fully saturated rings. The second-order valence-corrected chi connectivity index (χ2v) is 5.84. The van der Waals surface area contributed by atoms with Crippen molar-refractivity contribution < 1.29 is 0 Å². The van der Waals surface area contributed by atoms with Gasteiger partial charge in [-0.15, -0.1) is 5.10 Å². The van der Waals surface area contributed by atoms with Crippen molar-refractivity contribution in [2.75, 3.05) is 0 Å². The lowest BCUT2D eigenvalue weighted by molar-refractivity contribution is 0.712. The fourth-order valence-electron chi connectivity index (χ4n) is 2.76. The lowest BCUT2D eigenvalue weighted by Gasteiger charge is -2.11. The third-order valence-electron chi connectivity index (χ3n) is 3.81. The smallest absolute Gasteiger partial charge is 0.287 e. The van der Waals surface area contributed by atoms with Gasteiger partial charge in [-0.2, -0.15) is 4.52 Å². The summed E-state index contributed by atoms with van der Waals surface area (Å²) in [6, 6.07) is 15.2. The SMILES string of the molecule is Cc1nc2c3ccccc3n(Cc3ccc(Cl)cc3)c(=O)n2n1. The molecular formula is C17H13ClN4O. The van der Waals surface area contributed by atoms with E-state index >= 15 is 0 Å². The van der Waals surface area contributed by atoms with Crippen LogP contribution in [0.15, 0.2) is 53.3 Å². The summed E-state index contributed by atoms with van der Waals surface area (Å²) in [5.74, 6) is 0.580. The minimum absolute atomic E-state index is 0.200. The highest BCUT2D eigenvalue weighted by Gasteiger charge is 2.13. The molecule has 6 heteroatoms. The van der Waals surface area contributed by atoms with Gasteiger partial charge in [0, 0.05) is 10.4 Å². The Kier molecular flexibility index (Phi) is 3.16. The fraction of sp³-hybridized carbons (Fsp3) is 0.118. The lowest BCUT2D eigenvalue weighted by atomic mass is 10.2. The van der Waals surface area contributed by atoms with Crippen molar-refractivity contribution >= 4 is 28.2 Å². The summed E-state index contributed by atoms with van der Waals surface area (Å²) in [4.78, 5) is 17.2. The molecule has 0 N–H and O–H groups in total. The molecule has 4 rings (SSSR count). The standard InChI is InChI=1S/C17H13ClN4O/c1-11-19-16-14-4-2-3-5-15(14)21(17(23)22(16)20-11)10-12-6-8-13(18)9-7-12/h2-9H,10H2,1H3. The number of fused-ring (bicyclic) bond motifs is 3. The van der Waals surface area contributed by atoms with Gasteiger partial charge in [-0.25, -0.2) is 9.78 Å². The van der Waals surface area contributed by atoms with Crippen LogP contribution in [-0.2, 0) is 6.54 Å². The van der Waals surface area contributed by atoms with E-state index in [-0.39, 0.29) is 5.69 Å². The Hall–Kier alpha value is -2.66. The monoisotopic (exact) mass is 324 g/mol. The van der Waals surface area contributed by atoms with E-state index in [0.717, 1.165) is 16.5 Å². The predicted molar refractivity (Wildman–Crippen MR) is 90.0 cm³/mol. The zero-order valence-electron chi connectivity index (χ0n) is 12.4. The molecule has 2 aromatic heterocycles. The maximum absolute atomic E-state index is 12.8. The molecule has 4 aromatic rings. The van der Waals surface area contributed by atoms with Crippen LogP contribution >= 0.6 is 11.6 Å². The first-order valence-corrected chi connectivity index (χ1v) is 7.60. The number of benzene rings is 2. The highest BCUT2D eigenvalue weighted by Crippen LogP contribution is 2.18. The normalized spacial score (nSPS) is 11.4. The van der Waals surface area contributed by atoms with E-state index in [0.29, 0.717) is 23.0 Å². The molecule has 0 aliphatic heterocycles. The molecule has 0 bridgehead atoms. The van der Waals surface area contributed by atoms with Gasteiger partial charge in [0.05, 0.1) is 12.1 Å². The van der Waals surface area contributed by atoms with Gasteiger partial charge in [0.15, 0.2) is 5.65 Å². The topological polar surface area (TPSA) is 52.2 Å². The molecule has 0 aliphatic carbocycles. The van der Waals surface area contributed by atoms with Crippen molar-refractivity contribution in [1.29, 1.82) is 0 Å². The van der Waals surface area contributed by atoms with Crippen molar-refractivity contribution in [2.24, 2.45) is 0 Å². The van der Waals surface area contributed by atoms with Gasteiger partial charge in [-0.1, -0.05) is 35.9 Å². The van der Waals surface area contributed by atoms with E-state index in [2.05, 4.69) is 10.1 Å². The first-order chi connectivity index (χ1) is 11.1. The predicted octanol–water partition coefficient (Wildman–Crippen LogP) is 3.05. The minimum Gasteiger partial charge on any atom is -0.287 e. The summed E-state index contributed by atoms with van der Waals surface area (Å²) >= 11 is 5.93. The Morgan fingerprint density at radius 1 is 1.09 bits per heavy atom. The van der Waals surface area contributed by atoms with Crippen molar-refractivity contribution in [3.05, 3.63) is 75.4 Å². The van der Waals surface area contributed by atoms with Crippen molar-refractivity contribution in [1.82, 2.24) is 19.2 Å². The van der Waals surface area contributed by atoms with Gasteiger partial charge in [0.25, 0.3) is 0 Å². The van der Waals surface area contributed by atoms with Crippen molar-refractivity contribution in [3.63, 3.8) is 0 Å². The van der Waals surface area contributed by atoms with E-state index in [1.807, 2.05) is 48.5 Å². The average Bonchev–Trinajstić information content (AvgIpc) is 2.95. The molecule has 2 heterocycles. The third kappa shape index (κ3) is 2.29. The van der Waals surface area contributed by atoms with Crippen LogP contribution in [0.4, 0.5) is 0 Å². The molecular weight excluding hydrogens is 312 g/mol. The molecule has 5 nitrogen and oxygen atoms in total. The van der Waals surface area contributed by atoms with Crippen LogP contribution in [0.2, 0.25) is 5.02 Å². The molecule has 0 aliphatic rings. The molecule has 0 saturated heterocycles. The molecule has 0 unspecified atom stereocenters. The Morgan fingerprint density at radius 3 is 2.61 bits per heavy atom. The van der Waals surface area contributed by atoms with Gasteiger partial charge in [-0.3, -0.25) is 4.57 Å². The summed E-state index contributed by atoms with van der Waals surface area (Å²) in [6.45, 7) is 2.23. The van der Waals surface area contributed by atoms with Crippen LogP contribution in [0.25, 0.3) is 16.6 Å². The number of hydrogen-bond acceptors (Lipinski definition) is 3. The Labute approximate surface area is 136 Å². The van der Waals surface area contributed by atoms with Gasteiger partial charge >= 0.3 is 5.69 Å². The van der Waals surface area contributed by atoms with E-state index in [1.54, 1.807) is 11.5 Å². The van der Waals surface area contributed by atoms with Crippen LogP contribution in [0, 0.1) is 6.92 Å². The van der Waals surface area contributed by atoms with Gasteiger partial charge in [0.1, 0.15) is 5.82 Å². The third-order valence-corrected chi connectivity index (χ3v) is 4.07. The average molecular weight is 325 g/mol. The summed E-state index contributed by atoms with van der Waals surface area (Å²) in [7, 11) is 0. The van der Waals surface area contributed by atoms with E-state index in [9.17, 15) is 4.79 Å². The summed E-state index contributed by atoms with van der Waals surface area (Å²) in [5.41, 5.74) is 2.23. The fourth-order valence-corrected chi connectivity index (χ4v) is 2.89. The maximum Gasteiger partial charge on any atom is 0.351 e. The lowest BCUT2D eigenvalue weighted by Crippen LogP contribution is -2.28. The minimum atomic E-state index is -0.200. The Balaban J connectivity index is 2.01. The molecule has 23 heavy (non-hydrogen) atoms. The van der Waals surface area contributed by atoms with Crippen LogP contribution in [0.1, 0.15) is 11.4 Å². The molecule has 0 atom stereocenters. The molecule has 0 amide bonds. The molecule has 114 valence electrons. The first kappa shape index (κ1) is 14.0. The number of hydrogen-bond donors (Lipinski definition) is 0. The largest absolute Gasteiger partial charge is 0.351 e. The second-order valence-electron chi connectivity index (χ2n) is 5.41. The van der Waals surface area contributed by atoms with E-state index < -0.39 is 0 Å².